The number of halogens is 2. The molecule has 1 nitrogen and oxygen atoms in total. The minimum atomic E-state index is 0.395. The van der Waals surface area contributed by atoms with Crippen LogP contribution in [0.1, 0.15) is 24.9 Å². The van der Waals surface area contributed by atoms with Crippen LogP contribution in [-0.4, -0.2) is 7.05 Å². The summed E-state index contributed by atoms with van der Waals surface area (Å²) in [5.41, 5.74) is 1.26. The molecule has 0 aliphatic rings. The standard InChI is InChI=1S/C10H13BrClN/c1-3-10(13-2)8-5-4-7(12)6-9(8)11/h4-6,10,13H,3H2,1-2H3. The van der Waals surface area contributed by atoms with Gasteiger partial charge in [-0.05, 0) is 31.2 Å². The average molecular weight is 263 g/mol. The highest BCUT2D eigenvalue weighted by Crippen LogP contribution is 2.27. The molecule has 13 heavy (non-hydrogen) atoms. The summed E-state index contributed by atoms with van der Waals surface area (Å²) in [6, 6.07) is 6.29. The molecule has 1 aromatic carbocycles. The smallest absolute Gasteiger partial charge is 0.0417 e. The first kappa shape index (κ1) is 11.0. The lowest BCUT2D eigenvalue weighted by atomic mass is 10.1. The Labute approximate surface area is 92.6 Å². The van der Waals surface area contributed by atoms with Crippen LogP contribution in [0.2, 0.25) is 5.02 Å². The van der Waals surface area contributed by atoms with E-state index in [1.807, 2.05) is 19.2 Å². The summed E-state index contributed by atoms with van der Waals surface area (Å²) in [7, 11) is 1.97. The van der Waals surface area contributed by atoms with E-state index in [1.165, 1.54) is 5.56 Å². The van der Waals surface area contributed by atoms with Crippen molar-refractivity contribution in [2.75, 3.05) is 7.05 Å². The van der Waals surface area contributed by atoms with Crippen molar-refractivity contribution in [2.24, 2.45) is 0 Å². The summed E-state index contributed by atoms with van der Waals surface area (Å²) >= 11 is 9.36. The molecule has 0 amide bonds. The molecule has 0 heterocycles. The summed E-state index contributed by atoms with van der Waals surface area (Å²) in [5.74, 6) is 0. The summed E-state index contributed by atoms with van der Waals surface area (Å²) in [6.07, 6.45) is 1.07. The van der Waals surface area contributed by atoms with E-state index in [9.17, 15) is 0 Å². The first-order valence-corrected chi connectivity index (χ1v) is 5.48. The van der Waals surface area contributed by atoms with Crippen LogP contribution in [0, 0.1) is 0 Å². The normalized spacial score (nSPS) is 12.9. The molecule has 1 atom stereocenters. The second kappa shape index (κ2) is 4.99. The van der Waals surface area contributed by atoms with E-state index in [0.717, 1.165) is 15.9 Å². The minimum Gasteiger partial charge on any atom is -0.313 e. The molecule has 0 radical (unpaired) electrons. The summed E-state index contributed by atoms with van der Waals surface area (Å²) in [5, 5.41) is 4.02. The number of rotatable bonds is 3. The summed E-state index contributed by atoms with van der Waals surface area (Å²) in [6.45, 7) is 2.15. The fourth-order valence-electron chi connectivity index (χ4n) is 1.36. The molecule has 0 spiro atoms. The molecule has 1 aromatic rings. The maximum absolute atomic E-state index is 5.86. The number of hydrogen-bond acceptors (Lipinski definition) is 1. The van der Waals surface area contributed by atoms with Crippen molar-refractivity contribution < 1.29 is 0 Å². The zero-order valence-corrected chi connectivity index (χ0v) is 10.1. The Balaban J connectivity index is 2.99. The van der Waals surface area contributed by atoms with Gasteiger partial charge in [0, 0.05) is 15.5 Å². The number of benzene rings is 1. The van der Waals surface area contributed by atoms with Crippen molar-refractivity contribution in [1.82, 2.24) is 5.32 Å². The molecule has 0 aliphatic heterocycles. The third-order valence-electron chi connectivity index (χ3n) is 2.09. The maximum Gasteiger partial charge on any atom is 0.0417 e. The van der Waals surface area contributed by atoms with Crippen LogP contribution < -0.4 is 5.32 Å². The van der Waals surface area contributed by atoms with Crippen molar-refractivity contribution in [2.45, 2.75) is 19.4 Å². The highest BCUT2D eigenvalue weighted by Gasteiger charge is 2.09. The van der Waals surface area contributed by atoms with E-state index in [2.05, 4.69) is 34.2 Å². The summed E-state index contributed by atoms with van der Waals surface area (Å²) in [4.78, 5) is 0. The molecule has 1 unspecified atom stereocenters. The fraction of sp³-hybridized carbons (Fsp3) is 0.400. The van der Waals surface area contributed by atoms with Crippen LogP contribution in [0.25, 0.3) is 0 Å². The highest BCUT2D eigenvalue weighted by molar-refractivity contribution is 9.10. The molecule has 0 fully saturated rings. The molecular weight excluding hydrogens is 249 g/mol. The fourth-order valence-corrected chi connectivity index (χ4v) is 2.32. The van der Waals surface area contributed by atoms with Crippen LogP contribution in [0.5, 0.6) is 0 Å². The molecule has 0 saturated carbocycles. The molecule has 3 heteroatoms. The number of hydrogen-bond donors (Lipinski definition) is 1. The molecule has 1 N–H and O–H groups in total. The Bertz CT molecular complexity index is 284. The molecular formula is C10H13BrClN. The minimum absolute atomic E-state index is 0.395. The average Bonchev–Trinajstić information content (AvgIpc) is 2.10. The van der Waals surface area contributed by atoms with Gasteiger partial charge < -0.3 is 5.32 Å². The third kappa shape index (κ3) is 2.70. The topological polar surface area (TPSA) is 12.0 Å². The maximum atomic E-state index is 5.86. The molecule has 0 bridgehead atoms. The first-order valence-electron chi connectivity index (χ1n) is 4.31. The molecule has 72 valence electrons. The van der Waals surface area contributed by atoms with Gasteiger partial charge >= 0.3 is 0 Å². The second-order valence-corrected chi connectivity index (χ2v) is 4.21. The van der Waals surface area contributed by atoms with Crippen LogP contribution in [-0.2, 0) is 0 Å². The predicted molar refractivity (Wildman–Crippen MR) is 61.2 cm³/mol. The SMILES string of the molecule is CCC(NC)c1ccc(Cl)cc1Br. The molecule has 0 aromatic heterocycles. The summed E-state index contributed by atoms with van der Waals surface area (Å²) < 4.78 is 1.07. The van der Waals surface area contributed by atoms with Gasteiger partial charge in [-0.15, -0.1) is 0 Å². The lowest BCUT2D eigenvalue weighted by Gasteiger charge is -2.15. The van der Waals surface area contributed by atoms with Crippen LogP contribution in [0.15, 0.2) is 22.7 Å². The van der Waals surface area contributed by atoms with E-state index in [4.69, 9.17) is 11.6 Å². The van der Waals surface area contributed by atoms with Gasteiger partial charge in [0.05, 0.1) is 0 Å². The second-order valence-electron chi connectivity index (χ2n) is 2.92. The van der Waals surface area contributed by atoms with E-state index >= 15 is 0 Å². The van der Waals surface area contributed by atoms with Gasteiger partial charge in [-0.3, -0.25) is 0 Å². The Hall–Kier alpha value is -0.0500. The van der Waals surface area contributed by atoms with Crippen molar-refractivity contribution in [3.63, 3.8) is 0 Å². The van der Waals surface area contributed by atoms with Gasteiger partial charge in [-0.2, -0.15) is 0 Å². The van der Waals surface area contributed by atoms with Gasteiger partial charge in [0.2, 0.25) is 0 Å². The van der Waals surface area contributed by atoms with Gasteiger partial charge in [0.1, 0.15) is 0 Å². The van der Waals surface area contributed by atoms with Crippen LogP contribution in [0.3, 0.4) is 0 Å². The Kier molecular flexibility index (Phi) is 4.23. The Morgan fingerprint density at radius 2 is 2.23 bits per heavy atom. The van der Waals surface area contributed by atoms with E-state index < -0.39 is 0 Å². The van der Waals surface area contributed by atoms with Gasteiger partial charge in [0.25, 0.3) is 0 Å². The quantitative estimate of drug-likeness (QED) is 0.874. The molecule has 0 aliphatic carbocycles. The highest BCUT2D eigenvalue weighted by atomic mass is 79.9. The molecule has 0 saturated heterocycles. The first-order chi connectivity index (χ1) is 6.19. The zero-order chi connectivity index (χ0) is 9.84. The van der Waals surface area contributed by atoms with Crippen molar-refractivity contribution in [3.8, 4) is 0 Å². The third-order valence-corrected chi connectivity index (χ3v) is 3.02. The lowest BCUT2D eigenvalue weighted by Crippen LogP contribution is -2.15. The van der Waals surface area contributed by atoms with Gasteiger partial charge in [-0.1, -0.05) is 40.5 Å². The Morgan fingerprint density at radius 1 is 1.54 bits per heavy atom. The molecule has 1 rings (SSSR count). The van der Waals surface area contributed by atoms with Crippen molar-refractivity contribution >= 4 is 27.5 Å². The van der Waals surface area contributed by atoms with E-state index in [1.54, 1.807) is 0 Å². The number of nitrogens with one attached hydrogen (secondary N) is 1. The zero-order valence-electron chi connectivity index (χ0n) is 7.77. The van der Waals surface area contributed by atoms with Crippen molar-refractivity contribution in [1.29, 1.82) is 0 Å². The monoisotopic (exact) mass is 261 g/mol. The van der Waals surface area contributed by atoms with Crippen LogP contribution in [0.4, 0.5) is 0 Å². The lowest BCUT2D eigenvalue weighted by molar-refractivity contribution is 0.575. The predicted octanol–water partition coefficient (Wildman–Crippen LogP) is 3.77. The van der Waals surface area contributed by atoms with Gasteiger partial charge in [-0.25, -0.2) is 0 Å². The largest absolute Gasteiger partial charge is 0.313 e. The Morgan fingerprint density at radius 3 is 2.69 bits per heavy atom. The van der Waals surface area contributed by atoms with Gasteiger partial charge in [0.15, 0.2) is 0 Å². The van der Waals surface area contributed by atoms with Crippen molar-refractivity contribution in [3.05, 3.63) is 33.3 Å². The van der Waals surface area contributed by atoms with E-state index in [0.29, 0.717) is 6.04 Å². The van der Waals surface area contributed by atoms with E-state index in [-0.39, 0.29) is 0 Å². The van der Waals surface area contributed by atoms with Crippen LogP contribution >= 0.6 is 27.5 Å².